The van der Waals surface area contributed by atoms with E-state index in [4.69, 9.17) is 4.84 Å². The van der Waals surface area contributed by atoms with Gasteiger partial charge in [0.1, 0.15) is 12.3 Å². The van der Waals surface area contributed by atoms with Gasteiger partial charge in [-0.05, 0) is 12.1 Å². The summed E-state index contributed by atoms with van der Waals surface area (Å²) in [6.45, 7) is 2.49. The fourth-order valence-electron chi connectivity index (χ4n) is 1.24. The van der Waals surface area contributed by atoms with Crippen molar-refractivity contribution in [2.45, 2.75) is 6.92 Å². The maximum absolute atomic E-state index is 5.27. The van der Waals surface area contributed by atoms with Crippen LogP contribution < -0.4 is 4.84 Å². The first kappa shape index (κ1) is 8.74. The van der Waals surface area contributed by atoms with Crippen molar-refractivity contribution >= 4 is 0 Å². The lowest BCUT2D eigenvalue weighted by Crippen LogP contribution is -2.13. The van der Waals surface area contributed by atoms with Crippen molar-refractivity contribution in [2.24, 2.45) is 0 Å². The number of rotatable bonds is 3. The quantitative estimate of drug-likeness (QED) is 0.732. The second-order valence-electron chi connectivity index (χ2n) is 2.78. The summed E-state index contributed by atoms with van der Waals surface area (Å²) in [4.78, 5) is 6.71. The summed E-state index contributed by atoms with van der Waals surface area (Å²) in [5.41, 5.74) is 1.92. The van der Waals surface area contributed by atoms with Crippen LogP contribution in [0.2, 0.25) is 0 Å². The van der Waals surface area contributed by atoms with Gasteiger partial charge in [0.25, 0.3) is 0 Å². The molecule has 0 atom stereocenters. The lowest BCUT2D eigenvalue weighted by atomic mass is 10.2. The lowest BCUT2D eigenvalue weighted by molar-refractivity contribution is 0.0921. The Kier molecular flexibility index (Phi) is 2.44. The van der Waals surface area contributed by atoms with E-state index < -0.39 is 0 Å². The van der Waals surface area contributed by atoms with E-state index in [1.165, 1.54) is 4.85 Å². The molecule has 72 valence electrons. The van der Waals surface area contributed by atoms with Crippen molar-refractivity contribution < 1.29 is 4.84 Å². The normalized spacial score (nSPS) is 10.1. The van der Waals surface area contributed by atoms with Crippen molar-refractivity contribution in [3.8, 4) is 11.3 Å². The van der Waals surface area contributed by atoms with Gasteiger partial charge in [0.15, 0.2) is 0 Å². The molecular weight excluding hydrogens is 178 g/mol. The summed E-state index contributed by atoms with van der Waals surface area (Å²) in [7, 11) is 0. The van der Waals surface area contributed by atoms with Crippen LogP contribution in [0.5, 0.6) is 0 Å². The zero-order valence-electron chi connectivity index (χ0n) is 7.92. The Morgan fingerprint density at radius 1 is 1.29 bits per heavy atom. The first-order valence-corrected chi connectivity index (χ1v) is 4.51. The molecular formula is C10H11N3O. The Morgan fingerprint density at radius 3 is 2.79 bits per heavy atom. The molecule has 0 spiro atoms. The Balaban J connectivity index is 2.37. The number of nitrogens with zero attached hydrogens (tertiary/aromatic N) is 3. The SMILES string of the molecule is CCOn1nncc1-c1ccccc1. The van der Waals surface area contributed by atoms with Crippen LogP contribution >= 0.6 is 0 Å². The van der Waals surface area contributed by atoms with Crippen LogP contribution in [0.3, 0.4) is 0 Å². The standard InChI is InChI=1S/C10H11N3O/c1-2-14-13-10(8-11-12-13)9-6-4-3-5-7-9/h3-8H,2H2,1H3. The summed E-state index contributed by atoms with van der Waals surface area (Å²) < 4.78 is 0. The van der Waals surface area contributed by atoms with Gasteiger partial charge in [-0.2, -0.15) is 0 Å². The fraction of sp³-hybridized carbons (Fsp3) is 0.200. The lowest BCUT2D eigenvalue weighted by Gasteiger charge is -2.04. The molecule has 1 aromatic heterocycles. The van der Waals surface area contributed by atoms with Gasteiger partial charge >= 0.3 is 0 Å². The van der Waals surface area contributed by atoms with Crippen LogP contribution in [0.15, 0.2) is 36.5 Å². The summed E-state index contributed by atoms with van der Waals surface area (Å²) in [5.74, 6) is 0. The summed E-state index contributed by atoms with van der Waals surface area (Å²) in [6, 6.07) is 9.90. The minimum atomic E-state index is 0.573. The van der Waals surface area contributed by atoms with Crippen molar-refractivity contribution in [1.82, 2.24) is 15.2 Å². The van der Waals surface area contributed by atoms with Crippen LogP contribution in [0.25, 0.3) is 11.3 Å². The van der Waals surface area contributed by atoms with Gasteiger partial charge in [-0.25, -0.2) is 0 Å². The van der Waals surface area contributed by atoms with Crippen molar-refractivity contribution in [1.29, 1.82) is 0 Å². The molecule has 14 heavy (non-hydrogen) atoms. The van der Waals surface area contributed by atoms with E-state index in [9.17, 15) is 0 Å². The third kappa shape index (κ3) is 1.59. The topological polar surface area (TPSA) is 39.9 Å². The van der Waals surface area contributed by atoms with Crippen LogP contribution in [0, 0.1) is 0 Å². The van der Waals surface area contributed by atoms with Gasteiger partial charge in [-0.3, -0.25) is 0 Å². The zero-order chi connectivity index (χ0) is 9.80. The summed E-state index contributed by atoms with van der Waals surface area (Å²) in [6.07, 6.45) is 1.69. The summed E-state index contributed by atoms with van der Waals surface area (Å²) in [5, 5.41) is 7.63. The van der Waals surface area contributed by atoms with Crippen LogP contribution in [0.1, 0.15) is 6.92 Å². The molecule has 0 saturated heterocycles. The average molecular weight is 189 g/mol. The highest BCUT2D eigenvalue weighted by Crippen LogP contribution is 2.15. The molecule has 0 fully saturated rings. The van der Waals surface area contributed by atoms with Crippen LogP contribution in [-0.2, 0) is 0 Å². The van der Waals surface area contributed by atoms with Gasteiger partial charge in [0, 0.05) is 5.56 Å². The highest BCUT2D eigenvalue weighted by Gasteiger charge is 2.05. The highest BCUT2D eigenvalue weighted by molar-refractivity contribution is 5.57. The fourth-order valence-corrected chi connectivity index (χ4v) is 1.24. The molecule has 1 aromatic carbocycles. The monoisotopic (exact) mass is 189 g/mol. The highest BCUT2D eigenvalue weighted by atomic mass is 16.7. The maximum Gasteiger partial charge on any atom is 0.130 e. The Morgan fingerprint density at radius 2 is 2.07 bits per heavy atom. The number of benzene rings is 1. The second-order valence-corrected chi connectivity index (χ2v) is 2.78. The average Bonchev–Trinajstić information content (AvgIpc) is 2.68. The molecule has 0 aliphatic heterocycles. The van der Waals surface area contributed by atoms with Gasteiger partial charge < -0.3 is 4.84 Å². The predicted octanol–water partition coefficient (Wildman–Crippen LogP) is 1.39. The van der Waals surface area contributed by atoms with E-state index in [0.29, 0.717) is 6.61 Å². The largest absolute Gasteiger partial charge is 0.395 e. The van der Waals surface area contributed by atoms with E-state index in [1.807, 2.05) is 37.3 Å². The molecule has 0 amide bonds. The first-order valence-electron chi connectivity index (χ1n) is 4.51. The summed E-state index contributed by atoms with van der Waals surface area (Å²) >= 11 is 0. The second kappa shape index (κ2) is 3.91. The number of aromatic nitrogens is 3. The zero-order valence-corrected chi connectivity index (χ0v) is 7.92. The van der Waals surface area contributed by atoms with Gasteiger partial charge in [0.05, 0.1) is 6.20 Å². The molecule has 0 radical (unpaired) electrons. The maximum atomic E-state index is 5.27. The molecule has 2 rings (SSSR count). The van der Waals surface area contributed by atoms with E-state index in [2.05, 4.69) is 10.3 Å². The molecule has 4 heteroatoms. The van der Waals surface area contributed by atoms with Crippen LogP contribution in [0.4, 0.5) is 0 Å². The van der Waals surface area contributed by atoms with E-state index in [-0.39, 0.29) is 0 Å². The van der Waals surface area contributed by atoms with Crippen LogP contribution in [-0.4, -0.2) is 21.8 Å². The molecule has 2 aromatic rings. The van der Waals surface area contributed by atoms with Gasteiger partial charge in [-0.15, -0.1) is 5.10 Å². The molecule has 0 bridgehead atoms. The van der Waals surface area contributed by atoms with E-state index in [1.54, 1.807) is 6.20 Å². The molecule has 0 N–H and O–H groups in total. The van der Waals surface area contributed by atoms with E-state index >= 15 is 0 Å². The van der Waals surface area contributed by atoms with Gasteiger partial charge in [0.2, 0.25) is 0 Å². The van der Waals surface area contributed by atoms with Gasteiger partial charge in [-0.1, -0.05) is 35.2 Å². The minimum Gasteiger partial charge on any atom is -0.395 e. The number of hydrogen-bond donors (Lipinski definition) is 0. The Labute approximate surface area is 82.1 Å². The van der Waals surface area contributed by atoms with Crippen molar-refractivity contribution in [3.05, 3.63) is 36.5 Å². The Bertz CT molecular complexity index is 397. The van der Waals surface area contributed by atoms with E-state index in [0.717, 1.165) is 11.3 Å². The molecule has 0 aliphatic carbocycles. The molecule has 0 saturated carbocycles. The third-order valence-electron chi connectivity index (χ3n) is 1.84. The Hall–Kier alpha value is -1.84. The predicted molar refractivity (Wildman–Crippen MR) is 52.6 cm³/mol. The third-order valence-corrected chi connectivity index (χ3v) is 1.84. The molecule has 0 aliphatic rings. The minimum absolute atomic E-state index is 0.573. The smallest absolute Gasteiger partial charge is 0.130 e. The molecule has 1 heterocycles. The first-order chi connectivity index (χ1) is 6.92. The van der Waals surface area contributed by atoms with Crippen molar-refractivity contribution in [3.63, 3.8) is 0 Å². The molecule has 4 nitrogen and oxygen atoms in total. The molecule has 0 unspecified atom stereocenters. The van der Waals surface area contributed by atoms with Crippen molar-refractivity contribution in [2.75, 3.05) is 6.61 Å². The number of hydrogen-bond acceptors (Lipinski definition) is 3.